The third kappa shape index (κ3) is 11.5. The lowest BCUT2D eigenvalue weighted by atomic mass is 10.1. The van der Waals surface area contributed by atoms with E-state index in [1.807, 2.05) is 38.1 Å². The van der Waals surface area contributed by atoms with Gasteiger partial charge < -0.3 is 25.4 Å². The molecule has 0 spiro atoms. The number of amides is 1. The highest BCUT2D eigenvalue weighted by Gasteiger charge is 2.10. The van der Waals surface area contributed by atoms with Gasteiger partial charge in [-0.1, -0.05) is 26.0 Å². The van der Waals surface area contributed by atoms with Crippen LogP contribution in [0.3, 0.4) is 0 Å². The lowest BCUT2D eigenvalue weighted by Crippen LogP contribution is -2.37. The molecule has 0 aliphatic heterocycles. The topological polar surface area (TPSA) is 84.0 Å². The van der Waals surface area contributed by atoms with Gasteiger partial charge >= 0.3 is 0 Å². The molecule has 1 rings (SSSR count). The molecule has 0 fully saturated rings. The molecule has 1 aromatic rings. The normalized spacial score (nSPS) is 12.1. The summed E-state index contributed by atoms with van der Waals surface area (Å²) in [4.78, 5) is 16.2. The molecule has 7 nitrogen and oxygen atoms in total. The van der Waals surface area contributed by atoms with Crippen molar-refractivity contribution < 1.29 is 14.3 Å². The molecule has 1 atom stereocenters. The highest BCUT2D eigenvalue weighted by molar-refractivity contribution is 14.0. The SMILES string of the molecule is CCC(C)C(=O)Nc1cccc(CNC(=NC)NCCCOCCOC)c1.I. The van der Waals surface area contributed by atoms with Gasteiger partial charge in [-0.15, -0.1) is 24.0 Å². The molecule has 0 aliphatic carbocycles. The number of benzene rings is 1. The van der Waals surface area contributed by atoms with E-state index in [0.29, 0.717) is 26.4 Å². The number of nitrogens with one attached hydrogen (secondary N) is 3. The molecule has 0 bridgehead atoms. The van der Waals surface area contributed by atoms with Crippen LogP contribution in [0.1, 0.15) is 32.3 Å². The van der Waals surface area contributed by atoms with Crippen molar-refractivity contribution in [1.29, 1.82) is 0 Å². The summed E-state index contributed by atoms with van der Waals surface area (Å²) in [7, 11) is 3.41. The Morgan fingerprint density at radius 1 is 1.21 bits per heavy atom. The molecule has 3 N–H and O–H groups in total. The molecule has 0 radical (unpaired) electrons. The third-order valence-electron chi connectivity index (χ3n) is 4.13. The standard InChI is InChI=1S/C20H34N4O3.HI/c1-5-16(2)19(25)24-18-9-6-8-17(14-18)15-23-20(21-3)22-10-7-11-27-13-12-26-4;/h6,8-9,14,16H,5,7,10-13,15H2,1-4H3,(H,24,25)(H2,21,22,23);1H. The van der Waals surface area contributed by atoms with Crippen LogP contribution >= 0.6 is 24.0 Å². The first-order chi connectivity index (χ1) is 13.1. The van der Waals surface area contributed by atoms with Gasteiger partial charge in [-0.05, 0) is 30.5 Å². The van der Waals surface area contributed by atoms with E-state index in [1.165, 1.54) is 0 Å². The largest absolute Gasteiger partial charge is 0.382 e. The minimum absolute atomic E-state index is 0. The Hall–Kier alpha value is -1.39. The number of hydrogen-bond acceptors (Lipinski definition) is 4. The van der Waals surface area contributed by atoms with Crippen LogP contribution in [0.4, 0.5) is 5.69 Å². The van der Waals surface area contributed by atoms with Crippen molar-refractivity contribution in [2.45, 2.75) is 33.2 Å². The number of guanidine groups is 1. The van der Waals surface area contributed by atoms with Gasteiger partial charge in [-0.2, -0.15) is 0 Å². The van der Waals surface area contributed by atoms with Crippen LogP contribution in [0.25, 0.3) is 0 Å². The zero-order valence-corrected chi connectivity index (χ0v) is 19.7. The molecule has 1 amide bonds. The highest BCUT2D eigenvalue weighted by atomic mass is 127. The van der Waals surface area contributed by atoms with Crippen LogP contribution < -0.4 is 16.0 Å². The fourth-order valence-electron chi connectivity index (χ4n) is 2.24. The Labute approximate surface area is 186 Å². The maximum atomic E-state index is 12.0. The van der Waals surface area contributed by atoms with Crippen molar-refractivity contribution in [3.05, 3.63) is 29.8 Å². The number of hydrogen-bond donors (Lipinski definition) is 3. The van der Waals surface area contributed by atoms with Gasteiger partial charge in [0, 0.05) is 45.5 Å². The van der Waals surface area contributed by atoms with Crippen molar-refractivity contribution in [2.24, 2.45) is 10.9 Å². The van der Waals surface area contributed by atoms with Crippen molar-refractivity contribution in [3.8, 4) is 0 Å². The van der Waals surface area contributed by atoms with Gasteiger partial charge in [0.15, 0.2) is 5.96 Å². The molecule has 1 unspecified atom stereocenters. The van der Waals surface area contributed by atoms with Gasteiger partial charge in [0.2, 0.25) is 5.91 Å². The lowest BCUT2D eigenvalue weighted by Gasteiger charge is -2.13. The summed E-state index contributed by atoms with van der Waals surface area (Å²) < 4.78 is 10.4. The van der Waals surface area contributed by atoms with E-state index in [2.05, 4.69) is 20.9 Å². The molecule has 0 saturated heterocycles. The van der Waals surface area contributed by atoms with E-state index >= 15 is 0 Å². The van der Waals surface area contributed by atoms with Crippen LogP contribution in [0.15, 0.2) is 29.3 Å². The average molecular weight is 506 g/mol. The van der Waals surface area contributed by atoms with Crippen LogP contribution in [-0.2, 0) is 20.8 Å². The first-order valence-electron chi connectivity index (χ1n) is 9.51. The second-order valence-electron chi connectivity index (χ2n) is 6.31. The summed E-state index contributed by atoms with van der Waals surface area (Å²) in [5.74, 6) is 0.794. The molecule has 0 aromatic heterocycles. The Morgan fingerprint density at radius 3 is 2.68 bits per heavy atom. The maximum Gasteiger partial charge on any atom is 0.227 e. The van der Waals surface area contributed by atoms with E-state index in [-0.39, 0.29) is 35.8 Å². The fraction of sp³-hybridized carbons (Fsp3) is 0.600. The summed E-state index contributed by atoms with van der Waals surface area (Å²) in [6, 6.07) is 7.84. The number of carbonyl (C=O) groups is 1. The monoisotopic (exact) mass is 506 g/mol. The smallest absolute Gasteiger partial charge is 0.227 e. The number of halogens is 1. The number of ether oxygens (including phenoxy) is 2. The van der Waals surface area contributed by atoms with E-state index in [4.69, 9.17) is 9.47 Å². The number of carbonyl (C=O) groups excluding carboxylic acids is 1. The third-order valence-corrected chi connectivity index (χ3v) is 4.13. The zero-order valence-electron chi connectivity index (χ0n) is 17.4. The van der Waals surface area contributed by atoms with Gasteiger partial charge in [-0.25, -0.2) is 0 Å². The van der Waals surface area contributed by atoms with Crippen LogP contribution in [0, 0.1) is 5.92 Å². The Morgan fingerprint density at radius 2 is 2.00 bits per heavy atom. The van der Waals surface area contributed by atoms with Gasteiger partial charge in [0.25, 0.3) is 0 Å². The van der Waals surface area contributed by atoms with Crippen molar-refractivity contribution in [3.63, 3.8) is 0 Å². The molecular formula is C20H35IN4O3. The summed E-state index contributed by atoms with van der Waals surface area (Å²) in [5.41, 5.74) is 1.89. The van der Waals surface area contributed by atoms with Gasteiger partial charge in [0.05, 0.1) is 13.2 Å². The summed E-state index contributed by atoms with van der Waals surface area (Å²) in [6.45, 7) is 7.26. The van der Waals surface area contributed by atoms with Crippen molar-refractivity contribution in [1.82, 2.24) is 10.6 Å². The average Bonchev–Trinajstić information content (AvgIpc) is 2.69. The van der Waals surface area contributed by atoms with E-state index in [0.717, 1.165) is 36.6 Å². The number of aliphatic imine (C=N–C) groups is 1. The van der Waals surface area contributed by atoms with Crippen LogP contribution in [-0.4, -0.2) is 52.4 Å². The summed E-state index contributed by atoms with van der Waals surface area (Å²) in [5, 5.41) is 9.50. The second-order valence-corrected chi connectivity index (χ2v) is 6.31. The molecule has 0 aliphatic rings. The molecule has 1 aromatic carbocycles. The number of rotatable bonds is 12. The van der Waals surface area contributed by atoms with Crippen molar-refractivity contribution >= 4 is 41.5 Å². The van der Waals surface area contributed by atoms with Crippen LogP contribution in [0.5, 0.6) is 0 Å². The molecule has 0 saturated carbocycles. The first kappa shape index (κ1) is 26.6. The Kier molecular flexibility index (Phi) is 15.7. The van der Waals surface area contributed by atoms with Crippen molar-refractivity contribution in [2.75, 3.05) is 45.8 Å². The minimum atomic E-state index is 0. The Bertz CT molecular complexity index is 584. The second kappa shape index (κ2) is 16.6. The number of anilines is 1. The van der Waals surface area contributed by atoms with E-state index in [1.54, 1.807) is 14.2 Å². The molecule has 8 heteroatoms. The minimum Gasteiger partial charge on any atom is -0.382 e. The number of methoxy groups -OCH3 is 1. The highest BCUT2D eigenvalue weighted by Crippen LogP contribution is 2.13. The zero-order chi connectivity index (χ0) is 19.9. The molecule has 160 valence electrons. The lowest BCUT2D eigenvalue weighted by molar-refractivity contribution is -0.119. The van der Waals surface area contributed by atoms with Gasteiger partial charge in [-0.3, -0.25) is 9.79 Å². The fourth-order valence-corrected chi connectivity index (χ4v) is 2.24. The first-order valence-corrected chi connectivity index (χ1v) is 9.51. The summed E-state index contributed by atoms with van der Waals surface area (Å²) in [6.07, 6.45) is 1.72. The Balaban J connectivity index is 0.00000729. The predicted octanol–water partition coefficient (Wildman–Crippen LogP) is 3.01. The van der Waals surface area contributed by atoms with E-state index in [9.17, 15) is 4.79 Å². The quantitative estimate of drug-likeness (QED) is 0.176. The molecule has 0 heterocycles. The predicted molar refractivity (Wildman–Crippen MR) is 125 cm³/mol. The molecular weight excluding hydrogens is 471 g/mol. The molecule has 28 heavy (non-hydrogen) atoms. The van der Waals surface area contributed by atoms with E-state index < -0.39 is 0 Å². The number of nitrogens with zero attached hydrogens (tertiary/aromatic N) is 1. The van der Waals surface area contributed by atoms with Crippen LogP contribution in [0.2, 0.25) is 0 Å². The van der Waals surface area contributed by atoms with Gasteiger partial charge in [0.1, 0.15) is 0 Å². The maximum absolute atomic E-state index is 12.0. The summed E-state index contributed by atoms with van der Waals surface area (Å²) >= 11 is 0.